The lowest BCUT2D eigenvalue weighted by atomic mass is 10.4. The van der Waals surface area contributed by atoms with Gasteiger partial charge in [0.1, 0.15) is 19.9 Å². The number of aliphatic hydroxyl groups excluding tert-OH is 2. The molecule has 0 aromatic rings. The molecule has 0 atom stereocenters. The first-order valence-corrected chi connectivity index (χ1v) is 3.74. The summed E-state index contributed by atoms with van der Waals surface area (Å²) in [6.45, 7) is 2.02. The largest absolute Gasteiger partial charge is 0.391 e. The molecule has 2 N–H and O–H groups in total. The van der Waals surface area contributed by atoms with Gasteiger partial charge in [-0.15, -0.1) is 0 Å². The first-order chi connectivity index (χ1) is 5.12. The Kier molecular flexibility index (Phi) is 5.41. The smallest absolute Gasteiger partial charge is 0.143 e. The SMILES string of the molecule is C[N+](C)(CCO)CCOCO. The molecule has 4 heteroatoms. The van der Waals surface area contributed by atoms with Gasteiger partial charge in [-0.05, 0) is 0 Å². The van der Waals surface area contributed by atoms with E-state index in [0.29, 0.717) is 6.61 Å². The van der Waals surface area contributed by atoms with E-state index in [2.05, 4.69) is 0 Å². The van der Waals surface area contributed by atoms with Crippen LogP contribution in [0.2, 0.25) is 0 Å². The molecule has 0 fully saturated rings. The Morgan fingerprint density at radius 1 is 1.18 bits per heavy atom. The second kappa shape index (κ2) is 5.49. The molecule has 4 nitrogen and oxygen atoms in total. The van der Waals surface area contributed by atoms with Crippen molar-refractivity contribution in [3.8, 4) is 0 Å². The Labute approximate surface area is 67.6 Å². The highest BCUT2D eigenvalue weighted by molar-refractivity contribution is 4.31. The summed E-state index contributed by atoms with van der Waals surface area (Å²) in [5.74, 6) is 0. The van der Waals surface area contributed by atoms with Gasteiger partial charge < -0.3 is 19.4 Å². The normalized spacial score (nSPS) is 12.0. The molecule has 0 rings (SSSR count). The average Bonchev–Trinajstić information content (AvgIpc) is 1.87. The molecular formula is C7H18NO3+. The van der Waals surface area contributed by atoms with Crippen molar-refractivity contribution in [3.63, 3.8) is 0 Å². The van der Waals surface area contributed by atoms with Gasteiger partial charge in [-0.2, -0.15) is 0 Å². The molecule has 0 aromatic carbocycles. The summed E-state index contributed by atoms with van der Waals surface area (Å²) in [6, 6.07) is 0. The zero-order valence-electron chi connectivity index (χ0n) is 7.29. The van der Waals surface area contributed by atoms with Gasteiger partial charge in [-0.3, -0.25) is 0 Å². The molecule has 0 aromatic heterocycles. The Morgan fingerprint density at radius 2 is 1.82 bits per heavy atom. The van der Waals surface area contributed by atoms with Crippen molar-refractivity contribution < 1.29 is 19.4 Å². The lowest BCUT2D eigenvalue weighted by Crippen LogP contribution is -2.44. The van der Waals surface area contributed by atoms with Crippen LogP contribution in [-0.4, -0.2) is 61.9 Å². The zero-order valence-corrected chi connectivity index (χ0v) is 7.29. The molecule has 0 radical (unpaired) electrons. The van der Waals surface area contributed by atoms with Crippen LogP contribution in [0.15, 0.2) is 0 Å². The van der Waals surface area contributed by atoms with Crippen molar-refractivity contribution in [1.82, 2.24) is 0 Å². The molecule has 0 amide bonds. The lowest BCUT2D eigenvalue weighted by Gasteiger charge is -2.28. The Hall–Kier alpha value is -0.160. The molecule has 0 aliphatic heterocycles. The fourth-order valence-corrected chi connectivity index (χ4v) is 0.759. The minimum Gasteiger partial charge on any atom is -0.391 e. The van der Waals surface area contributed by atoms with Gasteiger partial charge in [0, 0.05) is 0 Å². The number of hydrogen-bond acceptors (Lipinski definition) is 3. The van der Waals surface area contributed by atoms with Crippen LogP contribution in [0.4, 0.5) is 0 Å². The highest BCUT2D eigenvalue weighted by Crippen LogP contribution is 1.94. The van der Waals surface area contributed by atoms with Crippen LogP contribution in [-0.2, 0) is 4.74 Å². The molecule has 0 unspecified atom stereocenters. The van der Waals surface area contributed by atoms with E-state index < -0.39 is 0 Å². The number of ether oxygens (including phenoxy) is 1. The summed E-state index contributed by atoms with van der Waals surface area (Å²) >= 11 is 0. The maximum absolute atomic E-state index is 8.65. The topological polar surface area (TPSA) is 49.7 Å². The van der Waals surface area contributed by atoms with E-state index in [1.54, 1.807) is 0 Å². The lowest BCUT2D eigenvalue weighted by molar-refractivity contribution is -0.891. The molecule has 0 saturated carbocycles. The summed E-state index contributed by atoms with van der Waals surface area (Å²) < 4.78 is 5.49. The van der Waals surface area contributed by atoms with Crippen LogP contribution in [0.1, 0.15) is 0 Å². The van der Waals surface area contributed by atoms with Gasteiger partial charge in [0.2, 0.25) is 0 Å². The van der Waals surface area contributed by atoms with Gasteiger partial charge in [0.05, 0.1) is 27.3 Å². The predicted molar refractivity (Wildman–Crippen MR) is 42.0 cm³/mol. The molecule has 68 valence electrons. The third-order valence-corrected chi connectivity index (χ3v) is 1.64. The molecule has 11 heavy (non-hydrogen) atoms. The van der Waals surface area contributed by atoms with Crippen LogP contribution < -0.4 is 0 Å². The summed E-state index contributed by atoms with van der Waals surface area (Å²) in [7, 11) is 4.02. The van der Waals surface area contributed by atoms with Crippen LogP contribution in [0.3, 0.4) is 0 Å². The Balaban J connectivity index is 3.38. The van der Waals surface area contributed by atoms with Crippen molar-refractivity contribution in [2.75, 3.05) is 47.2 Å². The van der Waals surface area contributed by atoms with Crippen molar-refractivity contribution in [1.29, 1.82) is 0 Å². The maximum atomic E-state index is 8.65. The fraction of sp³-hybridized carbons (Fsp3) is 1.00. The van der Waals surface area contributed by atoms with Gasteiger partial charge in [-0.1, -0.05) is 0 Å². The molecule has 0 spiro atoms. The number of hydrogen-bond donors (Lipinski definition) is 2. The second-order valence-corrected chi connectivity index (χ2v) is 3.14. The molecule has 0 aliphatic carbocycles. The fourth-order valence-electron chi connectivity index (χ4n) is 0.759. The average molecular weight is 164 g/mol. The standard InChI is InChI=1S/C7H18NO3/c1-8(2,3-5-9)4-6-11-7-10/h9-10H,3-7H2,1-2H3/q+1. The van der Waals surface area contributed by atoms with Gasteiger partial charge in [-0.25, -0.2) is 0 Å². The molecule has 0 heterocycles. The van der Waals surface area contributed by atoms with E-state index in [-0.39, 0.29) is 13.4 Å². The second-order valence-electron chi connectivity index (χ2n) is 3.14. The number of nitrogens with zero attached hydrogens (tertiary/aromatic N) is 1. The van der Waals surface area contributed by atoms with E-state index in [9.17, 15) is 0 Å². The molecule has 0 aliphatic rings. The van der Waals surface area contributed by atoms with Crippen LogP contribution in [0.5, 0.6) is 0 Å². The third kappa shape index (κ3) is 6.25. The first-order valence-electron chi connectivity index (χ1n) is 3.74. The van der Waals surface area contributed by atoms with Crippen molar-refractivity contribution in [2.24, 2.45) is 0 Å². The van der Waals surface area contributed by atoms with E-state index in [0.717, 1.165) is 17.6 Å². The quantitative estimate of drug-likeness (QED) is 0.301. The van der Waals surface area contributed by atoms with E-state index in [1.807, 2.05) is 14.1 Å². The zero-order chi connectivity index (χ0) is 8.74. The predicted octanol–water partition coefficient (Wildman–Crippen LogP) is -0.978. The molecule has 0 saturated heterocycles. The highest BCUT2D eigenvalue weighted by Gasteiger charge is 2.12. The van der Waals surface area contributed by atoms with Crippen LogP contribution in [0.25, 0.3) is 0 Å². The van der Waals surface area contributed by atoms with Crippen LogP contribution in [0, 0.1) is 0 Å². The van der Waals surface area contributed by atoms with Gasteiger partial charge in [0.15, 0.2) is 0 Å². The first kappa shape index (κ1) is 10.8. The van der Waals surface area contributed by atoms with Crippen molar-refractivity contribution in [2.45, 2.75) is 0 Å². The summed E-state index contributed by atoms with van der Waals surface area (Å²) in [4.78, 5) is 0. The third-order valence-electron chi connectivity index (χ3n) is 1.64. The minimum atomic E-state index is -0.223. The molecular weight excluding hydrogens is 146 g/mol. The number of likely N-dealkylation sites (N-methyl/N-ethyl adjacent to an activating group) is 1. The Bertz CT molecular complexity index is 95.7. The van der Waals surface area contributed by atoms with E-state index in [1.165, 1.54) is 0 Å². The number of aliphatic hydroxyl groups is 2. The van der Waals surface area contributed by atoms with E-state index >= 15 is 0 Å². The number of rotatable bonds is 6. The van der Waals surface area contributed by atoms with Gasteiger partial charge in [0.25, 0.3) is 0 Å². The maximum Gasteiger partial charge on any atom is 0.143 e. The highest BCUT2D eigenvalue weighted by atomic mass is 16.6. The van der Waals surface area contributed by atoms with Crippen molar-refractivity contribution >= 4 is 0 Å². The van der Waals surface area contributed by atoms with Crippen molar-refractivity contribution in [3.05, 3.63) is 0 Å². The summed E-state index contributed by atoms with van der Waals surface area (Å²) in [6.07, 6.45) is 0. The summed E-state index contributed by atoms with van der Waals surface area (Å²) in [5.41, 5.74) is 0. The summed E-state index contributed by atoms with van der Waals surface area (Å²) in [5, 5.41) is 17.0. The minimum absolute atomic E-state index is 0.187. The van der Waals surface area contributed by atoms with Gasteiger partial charge >= 0.3 is 0 Å². The van der Waals surface area contributed by atoms with Crippen LogP contribution >= 0.6 is 0 Å². The monoisotopic (exact) mass is 164 g/mol. The number of quaternary nitrogens is 1. The van der Waals surface area contributed by atoms with E-state index in [4.69, 9.17) is 14.9 Å². The Morgan fingerprint density at radius 3 is 2.27 bits per heavy atom. The molecule has 0 bridgehead atoms.